The van der Waals surface area contributed by atoms with Crippen LogP contribution in [0.25, 0.3) is 0 Å². The molecule has 0 fully saturated rings. The first-order valence-corrected chi connectivity index (χ1v) is 4.51. The molecule has 0 radical (unpaired) electrons. The largest absolute Gasteiger partial charge is 0.381 e. The van der Waals surface area contributed by atoms with Crippen molar-refractivity contribution in [2.75, 3.05) is 5.73 Å². The highest BCUT2D eigenvalue weighted by Gasteiger charge is 2.00. The number of anilines is 1. The van der Waals surface area contributed by atoms with E-state index in [1.165, 1.54) is 6.42 Å². The molecular formula is C7H12BrN3. The van der Waals surface area contributed by atoms with E-state index >= 15 is 0 Å². The molecular weight excluding hydrogens is 206 g/mol. The van der Waals surface area contributed by atoms with Crippen LogP contribution in [0.2, 0.25) is 0 Å². The molecule has 0 amide bonds. The minimum Gasteiger partial charge on any atom is -0.381 e. The van der Waals surface area contributed by atoms with Gasteiger partial charge in [0.25, 0.3) is 0 Å². The Balaban J connectivity index is 2.58. The van der Waals surface area contributed by atoms with Crippen molar-refractivity contribution in [2.45, 2.75) is 26.3 Å². The predicted octanol–water partition coefficient (Wildman–Crippen LogP) is 2.03. The van der Waals surface area contributed by atoms with Crippen molar-refractivity contribution in [2.24, 2.45) is 0 Å². The maximum atomic E-state index is 5.53. The molecule has 62 valence electrons. The zero-order valence-electron chi connectivity index (χ0n) is 6.55. The number of nitrogens with two attached hydrogens (primary N) is 1. The Kier molecular flexibility index (Phi) is 2.93. The zero-order valence-corrected chi connectivity index (χ0v) is 8.13. The van der Waals surface area contributed by atoms with Gasteiger partial charge in [0, 0.05) is 12.7 Å². The molecule has 0 aliphatic heterocycles. The first-order chi connectivity index (χ1) is 5.24. The van der Waals surface area contributed by atoms with E-state index in [0.29, 0.717) is 5.82 Å². The van der Waals surface area contributed by atoms with Crippen molar-refractivity contribution in [1.82, 2.24) is 9.78 Å². The Bertz CT molecular complexity index is 212. The van der Waals surface area contributed by atoms with Crippen LogP contribution < -0.4 is 5.73 Å². The van der Waals surface area contributed by atoms with E-state index in [1.54, 1.807) is 0 Å². The van der Waals surface area contributed by atoms with Gasteiger partial charge in [0.15, 0.2) is 5.82 Å². The smallest absolute Gasteiger partial charge is 0.159 e. The average molecular weight is 218 g/mol. The maximum Gasteiger partial charge on any atom is 0.159 e. The molecule has 0 atom stereocenters. The Morgan fingerprint density at radius 3 is 2.91 bits per heavy atom. The number of aryl methyl sites for hydroxylation is 1. The van der Waals surface area contributed by atoms with Gasteiger partial charge in [-0.2, -0.15) is 5.10 Å². The monoisotopic (exact) mass is 217 g/mol. The summed E-state index contributed by atoms with van der Waals surface area (Å²) in [5.74, 6) is 0.570. The van der Waals surface area contributed by atoms with Gasteiger partial charge >= 0.3 is 0 Å². The molecule has 0 aromatic carbocycles. The molecule has 0 bridgehead atoms. The van der Waals surface area contributed by atoms with Gasteiger partial charge in [0.2, 0.25) is 0 Å². The van der Waals surface area contributed by atoms with Crippen LogP contribution in [0.5, 0.6) is 0 Å². The quantitative estimate of drug-likeness (QED) is 0.843. The number of nitrogen functional groups attached to an aromatic ring is 1. The van der Waals surface area contributed by atoms with E-state index in [1.807, 2.05) is 10.9 Å². The summed E-state index contributed by atoms with van der Waals surface area (Å²) in [6, 6.07) is 0. The summed E-state index contributed by atoms with van der Waals surface area (Å²) < 4.78 is 2.75. The van der Waals surface area contributed by atoms with Gasteiger partial charge in [-0.3, -0.25) is 4.68 Å². The van der Waals surface area contributed by atoms with Gasteiger partial charge in [-0.05, 0) is 22.4 Å². The van der Waals surface area contributed by atoms with Gasteiger partial charge in [-0.25, -0.2) is 0 Å². The number of hydrogen-bond donors (Lipinski definition) is 1. The van der Waals surface area contributed by atoms with E-state index in [9.17, 15) is 0 Å². The van der Waals surface area contributed by atoms with Crippen molar-refractivity contribution in [1.29, 1.82) is 0 Å². The lowest BCUT2D eigenvalue weighted by atomic mass is 10.3. The lowest BCUT2D eigenvalue weighted by Gasteiger charge is -1.96. The lowest BCUT2D eigenvalue weighted by molar-refractivity contribution is 0.573. The van der Waals surface area contributed by atoms with Gasteiger partial charge < -0.3 is 5.73 Å². The fourth-order valence-electron chi connectivity index (χ4n) is 0.847. The van der Waals surface area contributed by atoms with E-state index in [-0.39, 0.29) is 0 Å². The molecule has 0 spiro atoms. The SMILES string of the molecule is CCCCn1cc(Br)c(N)n1. The molecule has 0 aliphatic rings. The van der Waals surface area contributed by atoms with Crippen LogP contribution >= 0.6 is 15.9 Å². The third-order valence-corrected chi connectivity index (χ3v) is 2.09. The normalized spacial score (nSPS) is 10.4. The second-order valence-corrected chi connectivity index (χ2v) is 3.33. The topological polar surface area (TPSA) is 43.8 Å². The Labute approximate surface area is 74.7 Å². The lowest BCUT2D eigenvalue weighted by Crippen LogP contribution is -1.98. The van der Waals surface area contributed by atoms with Crippen LogP contribution in [0.1, 0.15) is 19.8 Å². The molecule has 0 unspecified atom stereocenters. The first-order valence-electron chi connectivity index (χ1n) is 3.72. The van der Waals surface area contributed by atoms with Crippen LogP contribution in [0.4, 0.5) is 5.82 Å². The predicted molar refractivity (Wildman–Crippen MR) is 49.2 cm³/mol. The standard InChI is InChI=1S/C7H12BrN3/c1-2-3-4-11-5-6(8)7(9)10-11/h5H,2-4H2,1H3,(H2,9,10). The van der Waals surface area contributed by atoms with E-state index in [0.717, 1.165) is 17.4 Å². The first kappa shape index (κ1) is 8.59. The van der Waals surface area contributed by atoms with Crippen LogP contribution in [0.15, 0.2) is 10.7 Å². The van der Waals surface area contributed by atoms with Gasteiger partial charge in [0.1, 0.15) is 0 Å². The fourth-order valence-corrected chi connectivity index (χ4v) is 1.16. The van der Waals surface area contributed by atoms with Crippen LogP contribution in [-0.4, -0.2) is 9.78 Å². The number of halogens is 1. The molecule has 1 rings (SSSR count). The van der Waals surface area contributed by atoms with E-state index < -0.39 is 0 Å². The fraction of sp³-hybridized carbons (Fsp3) is 0.571. The summed E-state index contributed by atoms with van der Waals surface area (Å²) in [5.41, 5.74) is 5.53. The molecule has 3 nitrogen and oxygen atoms in total. The van der Waals surface area contributed by atoms with E-state index in [4.69, 9.17) is 5.73 Å². The molecule has 1 aromatic rings. The van der Waals surface area contributed by atoms with Gasteiger partial charge in [-0.15, -0.1) is 0 Å². The number of unbranched alkanes of at least 4 members (excludes halogenated alkanes) is 1. The second kappa shape index (κ2) is 3.76. The summed E-state index contributed by atoms with van der Waals surface area (Å²) >= 11 is 3.30. The number of rotatable bonds is 3. The van der Waals surface area contributed by atoms with Crippen molar-refractivity contribution >= 4 is 21.7 Å². The molecule has 0 saturated heterocycles. The Hall–Kier alpha value is -0.510. The maximum absolute atomic E-state index is 5.53. The number of nitrogens with zero attached hydrogens (tertiary/aromatic N) is 2. The Morgan fingerprint density at radius 2 is 2.45 bits per heavy atom. The van der Waals surface area contributed by atoms with Crippen molar-refractivity contribution in [3.63, 3.8) is 0 Å². The highest BCUT2D eigenvalue weighted by atomic mass is 79.9. The Morgan fingerprint density at radius 1 is 1.73 bits per heavy atom. The molecule has 2 N–H and O–H groups in total. The average Bonchev–Trinajstić information content (AvgIpc) is 2.28. The van der Waals surface area contributed by atoms with Crippen LogP contribution in [0.3, 0.4) is 0 Å². The summed E-state index contributed by atoms with van der Waals surface area (Å²) in [7, 11) is 0. The third kappa shape index (κ3) is 2.22. The molecule has 4 heteroatoms. The second-order valence-electron chi connectivity index (χ2n) is 2.48. The summed E-state index contributed by atoms with van der Waals surface area (Å²) in [5, 5.41) is 4.10. The minimum absolute atomic E-state index is 0.570. The van der Waals surface area contributed by atoms with Crippen LogP contribution in [0, 0.1) is 0 Å². The summed E-state index contributed by atoms with van der Waals surface area (Å²) in [4.78, 5) is 0. The summed E-state index contributed by atoms with van der Waals surface area (Å²) in [6.07, 6.45) is 4.23. The number of aromatic nitrogens is 2. The molecule has 1 aromatic heterocycles. The van der Waals surface area contributed by atoms with Gasteiger partial charge in [-0.1, -0.05) is 13.3 Å². The molecule has 0 aliphatic carbocycles. The van der Waals surface area contributed by atoms with E-state index in [2.05, 4.69) is 28.0 Å². The highest BCUT2D eigenvalue weighted by molar-refractivity contribution is 9.10. The van der Waals surface area contributed by atoms with Gasteiger partial charge in [0.05, 0.1) is 4.47 Å². The zero-order chi connectivity index (χ0) is 8.27. The minimum atomic E-state index is 0.570. The highest BCUT2D eigenvalue weighted by Crippen LogP contribution is 2.16. The molecule has 11 heavy (non-hydrogen) atoms. The van der Waals surface area contributed by atoms with Crippen molar-refractivity contribution in [3.05, 3.63) is 10.7 Å². The van der Waals surface area contributed by atoms with Crippen LogP contribution in [-0.2, 0) is 6.54 Å². The molecule has 1 heterocycles. The molecule has 0 saturated carbocycles. The third-order valence-electron chi connectivity index (χ3n) is 1.48. The van der Waals surface area contributed by atoms with Crippen molar-refractivity contribution in [3.8, 4) is 0 Å². The summed E-state index contributed by atoms with van der Waals surface area (Å²) in [6.45, 7) is 3.11. The van der Waals surface area contributed by atoms with Crippen molar-refractivity contribution < 1.29 is 0 Å². The number of hydrogen-bond acceptors (Lipinski definition) is 2.